The van der Waals surface area contributed by atoms with Gasteiger partial charge in [0.1, 0.15) is 4.90 Å². The molecule has 1 aliphatic carbocycles. The molecule has 0 N–H and O–H groups in total. The number of sulfonamides is 1. The normalized spacial score (nSPS) is 27.8. The second-order valence-electron chi connectivity index (χ2n) is 10.1. The van der Waals surface area contributed by atoms with Crippen molar-refractivity contribution in [2.24, 2.45) is 5.41 Å². The number of ether oxygens (including phenoxy) is 2. The summed E-state index contributed by atoms with van der Waals surface area (Å²) < 4.78 is 77.6. The molecule has 0 amide bonds. The first-order valence-electron chi connectivity index (χ1n) is 11.3. The summed E-state index contributed by atoms with van der Waals surface area (Å²) in [7, 11) is -1.84. The summed E-state index contributed by atoms with van der Waals surface area (Å²) >= 11 is 0. The summed E-state index contributed by atoms with van der Waals surface area (Å²) in [5.74, 6) is -1.34. The molecular weight excluding hydrogens is 461 g/mol. The minimum atomic E-state index is -4.72. The molecule has 0 radical (unpaired) electrons. The number of aromatic nitrogens is 2. The van der Waals surface area contributed by atoms with Gasteiger partial charge in [-0.2, -0.15) is 17.5 Å². The van der Waals surface area contributed by atoms with Crippen molar-refractivity contribution in [1.29, 1.82) is 0 Å². The molecule has 8 nitrogen and oxygen atoms in total. The summed E-state index contributed by atoms with van der Waals surface area (Å²) in [6.45, 7) is 4.14. The highest BCUT2D eigenvalue weighted by atomic mass is 32.2. The molecule has 1 saturated carbocycles. The molecule has 3 saturated heterocycles. The smallest absolute Gasteiger partial charge is 0.380 e. The number of rotatable bonds is 4. The van der Waals surface area contributed by atoms with Gasteiger partial charge >= 0.3 is 6.18 Å². The molecule has 3 aliphatic heterocycles. The Bertz CT molecular complexity index is 1010. The predicted molar refractivity (Wildman–Crippen MR) is 111 cm³/mol. The fraction of sp³-hybridized carbons (Fsp3) is 0.810. The topological polar surface area (TPSA) is 84.9 Å². The molecule has 1 aromatic heterocycles. The van der Waals surface area contributed by atoms with Gasteiger partial charge in [-0.15, -0.1) is 0 Å². The van der Waals surface area contributed by atoms with E-state index in [2.05, 4.69) is 21.9 Å². The molecule has 1 atom stereocenters. The van der Waals surface area contributed by atoms with Crippen LogP contribution in [0.2, 0.25) is 0 Å². The molecule has 0 bridgehead atoms. The second kappa shape index (κ2) is 7.84. The van der Waals surface area contributed by atoms with Gasteiger partial charge in [-0.3, -0.25) is 4.90 Å². The third-order valence-corrected chi connectivity index (χ3v) is 9.94. The van der Waals surface area contributed by atoms with Crippen LogP contribution in [0.5, 0.6) is 0 Å². The van der Waals surface area contributed by atoms with Gasteiger partial charge in [0, 0.05) is 30.6 Å². The lowest BCUT2D eigenvalue weighted by Crippen LogP contribution is -2.60. The summed E-state index contributed by atoms with van der Waals surface area (Å²) in [4.78, 5) is 8.76. The number of halogens is 3. The first-order chi connectivity index (χ1) is 15.4. The van der Waals surface area contributed by atoms with Crippen molar-refractivity contribution in [3.8, 4) is 0 Å². The van der Waals surface area contributed by atoms with Crippen LogP contribution in [0.4, 0.5) is 13.2 Å². The Balaban J connectivity index is 1.20. The third kappa shape index (κ3) is 4.07. The maximum absolute atomic E-state index is 13.1. The van der Waals surface area contributed by atoms with Gasteiger partial charge in [0.05, 0.1) is 37.3 Å². The van der Waals surface area contributed by atoms with Crippen LogP contribution in [0, 0.1) is 12.3 Å². The monoisotopic (exact) mass is 490 g/mol. The number of hydrogen-bond acceptors (Lipinski definition) is 7. The first-order valence-corrected chi connectivity index (χ1v) is 12.7. The standard InChI is InChI=1S/C21H29F3N4O4S/c1-14-17(10-25-18(26-14)21(22,23)24)33(29,30)28-5-3-20(4-6-28)9-16(11-32-20)27(2)15-7-19(8-15)12-31-13-19/h10,15-16H,3-9,11-13H2,1-2H3. The molecule has 2 spiro atoms. The molecular formula is C21H29F3N4O4S. The largest absolute Gasteiger partial charge is 0.451 e. The average Bonchev–Trinajstić information content (AvgIpc) is 3.08. The Morgan fingerprint density at radius 3 is 2.36 bits per heavy atom. The van der Waals surface area contributed by atoms with Crippen LogP contribution in [0.3, 0.4) is 0 Å². The Hall–Kier alpha value is -1.34. The summed E-state index contributed by atoms with van der Waals surface area (Å²) in [6.07, 6.45) is 0.334. The van der Waals surface area contributed by atoms with Gasteiger partial charge in [0.15, 0.2) is 0 Å². The van der Waals surface area contributed by atoms with Crippen molar-refractivity contribution in [3.05, 3.63) is 17.7 Å². The van der Waals surface area contributed by atoms with E-state index in [1.165, 1.54) is 11.2 Å². The van der Waals surface area contributed by atoms with Gasteiger partial charge in [-0.25, -0.2) is 18.4 Å². The zero-order chi connectivity index (χ0) is 23.6. The van der Waals surface area contributed by atoms with E-state index in [9.17, 15) is 21.6 Å². The minimum Gasteiger partial charge on any atom is -0.380 e. The van der Waals surface area contributed by atoms with Crippen LogP contribution in [-0.4, -0.2) is 85.2 Å². The van der Waals surface area contributed by atoms with Crippen LogP contribution >= 0.6 is 0 Å². The highest BCUT2D eigenvalue weighted by molar-refractivity contribution is 7.89. The fourth-order valence-corrected chi connectivity index (χ4v) is 7.25. The van der Waals surface area contributed by atoms with E-state index in [-0.39, 0.29) is 29.3 Å². The number of likely N-dealkylation sites (N-methyl/N-ethyl adjacent to an activating group) is 1. The predicted octanol–water partition coefficient (Wildman–Crippen LogP) is 2.23. The van der Waals surface area contributed by atoms with Crippen LogP contribution in [0.15, 0.2) is 11.1 Å². The Kier molecular flexibility index (Phi) is 5.56. The van der Waals surface area contributed by atoms with Gasteiger partial charge in [0.25, 0.3) is 0 Å². The zero-order valence-electron chi connectivity index (χ0n) is 18.8. The lowest BCUT2D eigenvalue weighted by atomic mass is 9.63. The summed E-state index contributed by atoms with van der Waals surface area (Å²) in [6, 6.07) is 0.850. The molecule has 4 aliphatic rings. The van der Waals surface area contributed by atoms with Gasteiger partial charge in [-0.1, -0.05) is 0 Å². The van der Waals surface area contributed by atoms with Crippen LogP contribution in [-0.2, 0) is 25.7 Å². The number of aryl methyl sites for hydroxylation is 1. The van der Waals surface area contributed by atoms with Crippen LogP contribution < -0.4 is 0 Å². The maximum atomic E-state index is 13.1. The summed E-state index contributed by atoms with van der Waals surface area (Å²) in [5.41, 5.74) is -0.153. The number of alkyl halides is 3. The van der Waals surface area contributed by atoms with Gasteiger partial charge in [0.2, 0.25) is 15.8 Å². The fourth-order valence-electron chi connectivity index (χ4n) is 5.70. The van der Waals surface area contributed by atoms with Crippen molar-refractivity contribution in [2.75, 3.05) is 40.0 Å². The van der Waals surface area contributed by atoms with E-state index in [4.69, 9.17) is 9.47 Å². The SMILES string of the molecule is Cc1nc(C(F)(F)F)ncc1S(=O)(=O)N1CCC2(CC1)CC(N(C)C1CC3(COC3)C1)CO2. The molecule has 12 heteroatoms. The minimum absolute atomic E-state index is 0.202. The molecule has 33 heavy (non-hydrogen) atoms. The van der Waals surface area contributed by atoms with E-state index >= 15 is 0 Å². The lowest BCUT2D eigenvalue weighted by molar-refractivity contribution is -0.185. The third-order valence-electron chi connectivity index (χ3n) is 7.93. The van der Waals surface area contributed by atoms with Gasteiger partial charge in [-0.05, 0) is 46.1 Å². The van der Waals surface area contributed by atoms with E-state index in [0.29, 0.717) is 36.9 Å². The van der Waals surface area contributed by atoms with Crippen molar-refractivity contribution < 1.29 is 31.1 Å². The van der Waals surface area contributed by atoms with Crippen molar-refractivity contribution in [2.45, 2.75) is 67.8 Å². The van der Waals surface area contributed by atoms with E-state index in [1.807, 2.05) is 0 Å². The Morgan fingerprint density at radius 2 is 1.82 bits per heavy atom. The number of piperidine rings is 1. The molecule has 4 fully saturated rings. The van der Waals surface area contributed by atoms with Crippen molar-refractivity contribution in [1.82, 2.24) is 19.2 Å². The number of nitrogens with zero attached hydrogens (tertiary/aromatic N) is 4. The molecule has 184 valence electrons. The summed E-state index contributed by atoms with van der Waals surface area (Å²) in [5, 5.41) is 0. The molecule has 4 heterocycles. The Labute approximate surface area is 191 Å². The number of hydrogen-bond donors (Lipinski definition) is 0. The lowest BCUT2D eigenvalue weighted by Gasteiger charge is -2.56. The quantitative estimate of drug-likeness (QED) is 0.640. The highest BCUT2D eigenvalue weighted by Gasteiger charge is 2.53. The second-order valence-corrected chi connectivity index (χ2v) is 12.0. The maximum Gasteiger partial charge on any atom is 0.451 e. The van der Waals surface area contributed by atoms with Crippen LogP contribution in [0.1, 0.15) is 43.6 Å². The first kappa shape index (κ1) is 23.4. The van der Waals surface area contributed by atoms with Gasteiger partial charge < -0.3 is 9.47 Å². The van der Waals surface area contributed by atoms with E-state index < -0.39 is 22.0 Å². The molecule has 1 unspecified atom stereocenters. The molecule has 5 rings (SSSR count). The van der Waals surface area contributed by atoms with E-state index in [1.54, 1.807) is 0 Å². The molecule has 1 aromatic rings. The Morgan fingerprint density at radius 1 is 1.15 bits per heavy atom. The van der Waals surface area contributed by atoms with Crippen molar-refractivity contribution >= 4 is 10.0 Å². The van der Waals surface area contributed by atoms with Crippen LogP contribution in [0.25, 0.3) is 0 Å². The van der Waals surface area contributed by atoms with Crippen molar-refractivity contribution in [3.63, 3.8) is 0 Å². The molecule has 0 aromatic carbocycles. The van der Waals surface area contributed by atoms with E-state index in [0.717, 1.165) is 38.7 Å². The average molecular weight is 491 g/mol. The zero-order valence-corrected chi connectivity index (χ0v) is 19.6. The highest BCUT2D eigenvalue weighted by Crippen LogP contribution is 2.50.